The van der Waals surface area contributed by atoms with E-state index in [4.69, 9.17) is 9.94 Å². The molecule has 1 amide bonds. The van der Waals surface area contributed by atoms with Crippen molar-refractivity contribution in [1.82, 2.24) is 5.06 Å². The fourth-order valence-electron chi connectivity index (χ4n) is 1.44. The zero-order valence-corrected chi connectivity index (χ0v) is 11.6. The molecule has 1 aromatic carbocycles. The van der Waals surface area contributed by atoms with Crippen molar-refractivity contribution in [2.45, 2.75) is 25.0 Å². The normalized spacial score (nSPS) is 11.3. The highest BCUT2D eigenvalue weighted by molar-refractivity contribution is 7.81. The van der Waals surface area contributed by atoms with Crippen molar-refractivity contribution >= 4 is 19.0 Å². The molecule has 1 N–H and O–H groups in total. The lowest BCUT2D eigenvalue weighted by atomic mass is 10.1. The molecule has 4 nitrogen and oxygen atoms in total. The van der Waals surface area contributed by atoms with Crippen LogP contribution >= 0.6 is 12.6 Å². The van der Waals surface area contributed by atoms with Crippen molar-refractivity contribution in [3.8, 4) is 5.75 Å². The van der Waals surface area contributed by atoms with Gasteiger partial charge in [-0.05, 0) is 38.0 Å². The summed E-state index contributed by atoms with van der Waals surface area (Å²) in [7, 11) is 0. The third-order valence-corrected chi connectivity index (χ3v) is 2.39. The molecule has 1 aromatic rings. The number of hydrogen-bond acceptors (Lipinski definition) is 4. The summed E-state index contributed by atoms with van der Waals surface area (Å²) in [5.41, 5.74) is 1.05. The molecule has 0 heterocycles. The molecule has 0 unspecified atom stereocenters. The Hall–Kier alpha value is -1.20. The Balaban J connectivity index is 2.35. The average Bonchev–Trinajstić information content (AvgIpc) is 2.29. The standard InChI is InChI=1S/C13H19NO3S/c1-13(2,18)9-14(10-15)17-8-7-11-3-5-12(16)6-4-11/h3-6,10,16,18H,7-9H2,1-2H3. The molecule has 0 aliphatic rings. The van der Waals surface area contributed by atoms with Crippen LogP contribution in [0.15, 0.2) is 24.3 Å². The van der Waals surface area contributed by atoms with Gasteiger partial charge in [-0.2, -0.15) is 12.6 Å². The van der Waals surface area contributed by atoms with Gasteiger partial charge in [-0.15, -0.1) is 0 Å². The number of aromatic hydroxyl groups is 1. The van der Waals surface area contributed by atoms with Crippen molar-refractivity contribution in [2.24, 2.45) is 0 Å². The van der Waals surface area contributed by atoms with Gasteiger partial charge in [0.05, 0.1) is 13.2 Å². The van der Waals surface area contributed by atoms with E-state index in [2.05, 4.69) is 12.6 Å². The van der Waals surface area contributed by atoms with Crippen LogP contribution in [0.25, 0.3) is 0 Å². The largest absolute Gasteiger partial charge is 0.508 e. The van der Waals surface area contributed by atoms with Gasteiger partial charge in [-0.3, -0.25) is 9.63 Å². The first kappa shape index (κ1) is 14.9. The number of hydrogen-bond donors (Lipinski definition) is 2. The predicted octanol–water partition coefficient (Wildman–Crippen LogP) is 2.03. The van der Waals surface area contributed by atoms with Gasteiger partial charge in [0.25, 0.3) is 0 Å². The average molecular weight is 269 g/mol. The molecule has 100 valence electrons. The summed E-state index contributed by atoms with van der Waals surface area (Å²) < 4.78 is -0.292. The monoisotopic (exact) mass is 269 g/mol. The van der Waals surface area contributed by atoms with Crippen LogP contribution in [0.2, 0.25) is 0 Å². The van der Waals surface area contributed by atoms with Crippen LogP contribution in [0.3, 0.4) is 0 Å². The first-order valence-corrected chi connectivity index (χ1v) is 6.20. The summed E-state index contributed by atoms with van der Waals surface area (Å²) >= 11 is 4.34. The summed E-state index contributed by atoms with van der Waals surface area (Å²) in [5.74, 6) is 0.242. The number of carbonyl (C=O) groups is 1. The lowest BCUT2D eigenvalue weighted by molar-refractivity contribution is -0.173. The Morgan fingerprint density at radius 3 is 2.50 bits per heavy atom. The molecule has 0 aliphatic carbocycles. The van der Waals surface area contributed by atoms with Crippen LogP contribution in [-0.2, 0) is 16.1 Å². The highest BCUT2D eigenvalue weighted by Gasteiger charge is 2.16. The van der Waals surface area contributed by atoms with Crippen LogP contribution < -0.4 is 0 Å². The maximum atomic E-state index is 10.8. The molecule has 0 bridgehead atoms. The van der Waals surface area contributed by atoms with Crippen molar-refractivity contribution in [3.63, 3.8) is 0 Å². The Labute approximate surface area is 113 Å². The SMILES string of the molecule is CC(C)(S)CN(C=O)OCCc1ccc(O)cc1. The van der Waals surface area contributed by atoms with E-state index in [9.17, 15) is 4.79 Å². The number of phenols is 1. The summed E-state index contributed by atoms with van der Waals surface area (Å²) in [5, 5.41) is 10.4. The van der Waals surface area contributed by atoms with Crippen LogP contribution in [0.1, 0.15) is 19.4 Å². The van der Waals surface area contributed by atoms with E-state index in [1.165, 1.54) is 5.06 Å². The molecule has 0 aromatic heterocycles. The van der Waals surface area contributed by atoms with E-state index in [1.807, 2.05) is 26.0 Å². The molecule has 1 rings (SSSR count). The minimum atomic E-state index is -0.292. The van der Waals surface area contributed by atoms with Gasteiger partial charge in [0, 0.05) is 4.75 Å². The number of phenolic OH excluding ortho intramolecular Hbond substituents is 1. The lowest BCUT2D eigenvalue weighted by Gasteiger charge is -2.25. The predicted molar refractivity (Wildman–Crippen MR) is 73.6 cm³/mol. The summed E-state index contributed by atoms with van der Waals surface area (Å²) in [6, 6.07) is 6.91. The Morgan fingerprint density at radius 2 is 2.00 bits per heavy atom. The molecule has 18 heavy (non-hydrogen) atoms. The lowest BCUT2D eigenvalue weighted by Crippen LogP contribution is -2.34. The van der Waals surface area contributed by atoms with Gasteiger partial charge in [-0.1, -0.05) is 12.1 Å². The van der Waals surface area contributed by atoms with E-state index in [1.54, 1.807) is 12.1 Å². The number of thiol groups is 1. The van der Waals surface area contributed by atoms with E-state index in [0.717, 1.165) is 5.56 Å². The molecule has 0 radical (unpaired) electrons. The Kier molecular flexibility index (Phi) is 5.50. The van der Waals surface area contributed by atoms with Gasteiger partial charge in [0.2, 0.25) is 6.41 Å². The topological polar surface area (TPSA) is 49.8 Å². The van der Waals surface area contributed by atoms with E-state index in [-0.39, 0.29) is 10.5 Å². The quantitative estimate of drug-likeness (QED) is 0.452. The van der Waals surface area contributed by atoms with Crippen LogP contribution in [0.5, 0.6) is 5.75 Å². The van der Waals surface area contributed by atoms with Gasteiger partial charge >= 0.3 is 0 Å². The van der Waals surface area contributed by atoms with Gasteiger partial charge in [0.1, 0.15) is 5.75 Å². The highest BCUT2D eigenvalue weighted by atomic mass is 32.1. The molecule has 0 atom stereocenters. The molecule has 0 fully saturated rings. The number of amides is 1. The molecular formula is C13H19NO3S. The first-order valence-electron chi connectivity index (χ1n) is 5.76. The second-order valence-corrected chi connectivity index (χ2v) is 5.95. The number of carbonyl (C=O) groups excluding carboxylic acids is 1. The molecule has 0 spiro atoms. The van der Waals surface area contributed by atoms with Crippen molar-refractivity contribution in [3.05, 3.63) is 29.8 Å². The van der Waals surface area contributed by atoms with Crippen LogP contribution in [0, 0.1) is 0 Å². The fourth-order valence-corrected chi connectivity index (χ4v) is 1.58. The van der Waals surface area contributed by atoms with Gasteiger partial charge in [0.15, 0.2) is 0 Å². The number of benzene rings is 1. The third-order valence-electron chi connectivity index (χ3n) is 2.24. The zero-order valence-electron chi connectivity index (χ0n) is 10.7. The van der Waals surface area contributed by atoms with E-state index < -0.39 is 0 Å². The zero-order chi connectivity index (χ0) is 13.6. The molecule has 0 saturated carbocycles. The molecular weight excluding hydrogens is 250 g/mol. The Bertz CT molecular complexity index is 373. The number of hydroxylamine groups is 2. The maximum Gasteiger partial charge on any atom is 0.233 e. The maximum absolute atomic E-state index is 10.8. The van der Waals surface area contributed by atoms with E-state index >= 15 is 0 Å². The van der Waals surface area contributed by atoms with Crippen molar-refractivity contribution in [1.29, 1.82) is 0 Å². The Morgan fingerprint density at radius 1 is 1.39 bits per heavy atom. The molecule has 5 heteroatoms. The molecule has 0 saturated heterocycles. The van der Waals surface area contributed by atoms with Crippen molar-refractivity contribution < 1.29 is 14.7 Å². The third kappa shape index (κ3) is 5.93. The van der Waals surface area contributed by atoms with Crippen molar-refractivity contribution in [2.75, 3.05) is 13.2 Å². The second-order valence-electron chi connectivity index (χ2n) is 4.74. The number of rotatable bonds is 7. The van der Waals surface area contributed by atoms with Gasteiger partial charge < -0.3 is 5.11 Å². The summed E-state index contributed by atoms with van der Waals surface area (Å²) in [6.07, 6.45) is 1.34. The van der Waals surface area contributed by atoms with Crippen LogP contribution in [0.4, 0.5) is 0 Å². The van der Waals surface area contributed by atoms with E-state index in [0.29, 0.717) is 26.0 Å². The first-order chi connectivity index (χ1) is 8.40. The number of nitrogens with zero attached hydrogens (tertiary/aromatic N) is 1. The van der Waals surface area contributed by atoms with Gasteiger partial charge in [-0.25, -0.2) is 5.06 Å². The second kappa shape index (κ2) is 6.66. The fraction of sp³-hybridized carbons (Fsp3) is 0.462. The highest BCUT2D eigenvalue weighted by Crippen LogP contribution is 2.14. The summed E-state index contributed by atoms with van der Waals surface area (Å²) in [6.45, 7) is 4.66. The van der Waals surface area contributed by atoms with Crippen LogP contribution in [-0.4, -0.2) is 34.5 Å². The minimum absolute atomic E-state index is 0.242. The molecule has 0 aliphatic heterocycles. The smallest absolute Gasteiger partial charge is 0.233 e. The minimum Gasteiger partial charge on any atom is -0.508 e. The summed E-state index contributed by atoms with van der Waals surface area (Å²) in [4.78, 5) is 16.2.